The number of hydrogen-bond acceptors (Lipinski definition) is 9. The first-order valence-corrected chi connectivity index (χ1v) is 15.9. The van der Waals surface area contributed by atoms with Crippen molar-refractivity contribution in [1.29, 1.82) is 0 Å². The molecule has 0 aliphatic carbocycles. The minimum atomic E-state index is -1.24. The number of alkyl carbamates (subject to hydrolysis) is 1. The van der Waals surface area contributed by atoms with Gasteiger partial charge in [-0.05, 0) is 101 Å². The number of nitrogens with zero attached hydrogens (tertiary/aromatic N) is 2. The maximum atomic E-state index is 13.1. The molecule has 2 heterocycles. The Bertz CT molecular complexity index is 1790. The summed E-state index contributed by atoms with van der Waals surface area (Å²) >= 11 is 0. The molecule has 49 heavy (non-hydrogen) atoms. The van der Waals surface area contributed by atoms with Crippen LogP contribution in [-0.4, -0.2) is 45.6 Å². The number of rotatable bonds is 13. The highest BCUT2D eigenvalue weighted by molar-refractivity contribution is 5.96. The molecule has 0 radical (unpaired) electrons. The summed E-state index contributed by atoms with van der Waals surface area (Å²) in [6, 6.07) is 16.1. The van der Waals surface area contributed by atoms with Gasteiger partial charge in [-0.2, -0.15) is 0 Å². The molecule has 0 aliphatic heterocycles. The van der Waals surface area contributed by atoms with Crippen molar-refractivity contribution in [2.75, 3.05) is 5.32 Å². The highest BCUT2D eigenvalue weighted by Crippen LogP contribution is 2.32. The molecule has 3 amide bonds. The van der Waals surface area contributed by atoms with Crippen molar-refractivity contribution in [2.24, 2.45) is 5.73 Å². The fourth-order valence-electron chi connectivity index (χ4n) is 4.85. The second-order valence-electron chi connectivity index (χ2n) is 12.6. The second kappa shape index (κ2) is 15.6. The van der Waals surface area contributed by atoms with E-state index in [4.69, 9.17) is 19.9 Å². The summed E-state index contributed by atoms with van der Waals surface area (Å²) in [6.07, 6.45) is 2.20. The first-order chi connectivity index (χ1) is 23.1. The zero-order chi connectivity index (χ0) is 35.9. The van der Waals surface area contributed by atoms with Gasteiger partial charge < -0.3 is 30.6 Å². The summed E-state index contributed by atoms with van der Waals surface area (Å²) in [5.41, 5.74) is 9.38. The quantitative estimate of drug-likeness (QED) is 0.127. The van der Waals surface area contributed by atoms with Gasteiger partial charge in [0.05, 0.1) is 24.0 Å². The van der Waals surface area contributed by atoms with Gasteiger partial charge in [0.15, 0.2) is 0 Å². The van der Waals surface area contributed by atoms with Crippen LogP contribution in [-0.2, 0) is 14.3 Å². The third-order valence-electron chi connectivity index (χ3n) is 7.83. The first kappa shape index (κ1) is 36.3. The fraction of sp³-hybridized carbons (Fsp3) is 0.324. The molecule has 258 valence electrons. The van der Waals surface area contributed by atoms with E-state index in [-0.39, 0.29) is 0 Å². The van der Waals surface area contributed by atoms with E-state index in [9.17, 15) is 14.4 Å². The zero-order valence-corrected chi connectivity index (χ0v) is 29.1. The molecule has 2 aromatic heterocycles. The number of hydrogen-bond donors (Lipinski definition) is 4. The van der Waals surface area contributed by atoms with E-state index in [2.05, 4.69) is 25.9 Å². The molecular formula is C37H44N6O6. The Balaban J connectivity index is 1.39. The Morgan fingerprint density at radius 2 is 1.31 bits per heavy atom. The molecule has 0 bridgehead atoms. The van der Waals surface area contributed by atoms with Crippen LogP contribution in [0.3, 0.4) is 0 Å². The van der Waals surface area contributed by atoms with E-state index in [1.54, 1.807) is 51.2 Å². The van der Waals surface area contributed by atoms with E-state index >= 15 is 0 Å². The summed E-state index contributed by atoms with van der Waals surface area (Å²) in [6.45, 7) is 14.3. The van der Waals surface area contributed by atoms with E-state index in [0.29, 0.717) is 34.5 Å². The number of ether oxygens (including phenoxy) is 3. The summed E-state index contributed by atoms with van der Waals surface area (Å²) < 4.78 is 17.7. The molecule has 4 rings (SSSR count). The number of benzene rings is 2. The summed E-state index contributed by atoms with van der Waals surface area (Å²) in [7, 11) is 0. The van der Waals surface area contributed by atoms with Gasteiger partial charge in [-0.3, -0.25) is 14.9 Å². The van der Waals surface area contributed by atoms with Gasteiger partial charge in [-0.15, -0.1) is 0 Å². The molecule has 0 saturated carbocycles. The number of amides is 3. The molecule has 1 unspecified atom stereocenters. The molecule has 0 saturated heterocycles. The van der Waals surface area contributed by atoms with Crippen molar-refractivity contribution < 1.29 is 28.6 Å². The van der Waals surface area contributed by atoms with E-state index in [1.165, 1.54) is 13.1 Å². The summed E-state index contributed by atoms with van der Waals surface area (Å²) in [5.74, 6) is 1.05. The largest absolute Gasteiger partial charge is 0.441 e. The number of anilines is 1. The maximum Gasteiger partial charge on any atom is 0.408 e. The molecule has 3 atom stereocenters. The van der Waals surface area contributed by atoms with Gasteiger partial charge in [0.25, 0.3) is 0 Å². The fourth-order valence-corrected chi connectivity index (χ4v) is 4.85. The minimum absolute atomic E-state index is 0.370. The average Bonchev–Trinajstić information content (AvgIpc) is 3.04. The molecule has 5 N–H and O–H groups in total. The molecule has 0 aliphatic rings. The zero-order valence-electron chi connectivity index (χ0n) is 29.1. The highest BCUT2D eigenvalue weighted by atomic mass is 16.6. The Labute approximate surface area is 286 Å². The van der Waals surface area contributed by atoms with Crippen molar-refractivity contribution in [1.82, 2.24) is 20.6 Å². The lowest BCUT2D eigenvalue weighted by Gasteiger charge is -2.36. The van der Waals surface area contributed by atoms with Gasteiger partial charge in [0, 0.05) is 18.3 Å². The lowest BCUT2D eigenvalue weighted by Crippen LogP contribution is -2.51. The Hall–Kier alpha value is -5.49. The first-order valence-electron chi connectivity index (χ1n) is 15.9. The van der Waals surface area contributed by atoms with Gasteiger partial charge >= 0.3 is 6.09 Å². The number of carbonyl (C=O) groups is 3. The van der Waals surface area contributed by atoms with Crippen molar-refractivity contribution in [2.45, 2.75) is 79.1 Å². The van der Waals surface area contributed by atoms with Crippen LogP contribution in [0.15, 0.2) is 73.1 Å². The number of aromatic nitrogens is 2. The molecule has 2 aromatic carbocycles. The summed E-state index contributed by atoms with van der Waals surface area (Å²) in [5, 5.41) is 8.43. The van der Waals surface area contributed by atoms with Crippen LogP contribution in [0.1, 0.15) is 61.6 Å². The predicted octanol–water partition coefficient (Wildman–Crippen LogP) is 6.33. The molecule has 12 heteroatoms. The molecule has 0 spiro atoms. The van der Waals surface area contributed by atoms with Crippen LogP contribution in [0, 0.1) is 27.7 Å². The second-order valence-corrected chi connectivity index (χ2v) is 12.6. The SMILES string of the molecule is Cc1ccc(C)c(Oc2ccc(NC(=O)[C@@H](C)NC(=O)OC(C)(C)C(N[C@H](C)C(N)=O)c3ccc(Oc4cc(C)ccc4C)nc3)cn2)c1. The molecule has 4 aromatic rings. The average molecular weight is 669 g/mol. The van der Waals surface area contributed by atoms with Crippen LogP contribution in [0.4, 0.5) is 10.5 Å². The topological polar surface area (TPSA) is 167 Å². The number of primary amides is 1. The Morgan fingerprint density at radius 1 is 0.755 bits per heavy atom. The highest BCUT2D eigenvalue weighted by Gasteiger charge is 2.37. The number of pyridine rings is 2. The monoisotopic (exact) mass is 668 g/mol. The summed E-state index contributed by atoms with van der Waals surface area (Å²) in [4.78, 5) is 46.7. The van der Waals surface area contributed by atoms with Crippen molar-refractivity contribution in [3.05, 3.63) is 101 Å². The van der Waals surface area contributed by atoms with E-state index < -0.39 is 41.6 Å². The molecule has 0 fully saturated rings. The van der Waals surface area contributed by atoms with Crippen LogP contribution in [0.2, 0.25) is 0 Å². The minimum Gasteiger partial charge on any atom is -0.441 e. The van der Waals surface area contributed by atoms with Crippen LogP contribution in [0.5, 0.6) is 23.3 Å². The van der Waals surface area contributed by atoms with Gasteiger partial charge in [0.2, 0.25) is 23.6 Å². The number of nitrogens with one attached hydrogen (secondary N) is 3. The molecule has 12 nitrogen and oxygen atoms in total. The molecular weight excluding hydrogens is 624 g/mol. The third kappa shape index (κ3) is 10.0. The van der Waals surface area contributed by atoms with Crippen LogP contribution in [0.25, 0.3) is 0 Å². The predicted molar refractivity (Wildman–Crippen MR) is 187 cm³/mol. The van der Waals surface area contributed by atoms with Crippen molar-refractivity contribution >= 4 is 23.6 Å². The van der Waals surface area contributed by atoms with Crippen molar-refractivity contribution in [3.8, 4) is 23.3 Å². The van der Waals surface area contributed by atoms with E-state index in [0.717, 1.165) is 22.3 Å². The van der Waals surface area contributed by atoms with Gasteiger partial charge in [0.1, 0.15) is 23.1 Å². The van der Waals surface area contributed by atoms with Crippen LogP contribution >= 0.6 is 0 Å². The smallest absolute Gasteiger partial charge is 0.408 e. The number of carbonyl (C=O) groups excluding carboxylic acids is 3. The van der Waals surface area contributed by atoms with Crippen molar-refractivity contribution in [3.63, 3.8) is 0 Å². The number of nitrogens with two attached hydrogens (primary N) is 1. The Morgan fingerprint density at radius 3 is 1.80 bits per heavy atom. The van der Waals surface area contributed by atoms with E-state index in [1.807, 2.05) is 64.1 Å². The third-order valence-corrected chi connectivity index (χ3v) is 7.83. The standard InChI is InChI=1S/C37H44N6O6/c1-21-9-11-23(3)29(17-21)47-31-15-13-27(19-39-31)33(41-25(5)34(38)44)37(7,8)49-36(46)42-26(6)35(45)43-28-14-16-32(40-20-28)48-30-18-22(2)10-12-24(30)4/h9-20,25-26,33,41H,1-8H3,(H2,38,44)(H,42,46)(H,43,45)/t25-,26-,33?/m1/s1. The maximum absolute atomic E-state index is 13.1. The lowest BCUT2D eigenvalue weighted by atomic mass is 9.91. The lowest BCUT2D eigenvalue weighted by molar-refractivity contribution is -0.120. The van der Waals surface area contributed by atoms with Crippen LogP contribution < -0.4 is 31.2 Å². The normalized spacial score (nSPS) is 13.1. The number of aryl methyl sites for hydroxylation is 4. The van der Waals surface area contributed by atoms with Gasteiger partial charge in [-0.25, -0.2) is 14.8 Å². The Kier molecular flexibility index (Phi) is 11.6. The van der Waals surface area contributed by atoms with Gasteiger partial charge in [-0.1, -0.05) is 30.3 Å².